The Labute approximate surface area is 113 Å². The summed E-state index contributed by atoms with van der Waals surface area (Å²) in [7, 11) is 1.77. The molecule has 1 unspecified atom stereocenters. The average molecular weight is 256 g/mol. The van der Waals surface area contributed by atoms with E-state index in [9.17, 15) is 0 Å². The molecule has 1 aliphatic rings. The summed E-state index contributed by atoms with van der Waals surface area (Å²) in [4.78, 5) is 0. The molecule has 0 saturated heterocycles. The lowest BCUT2D eigenvalue weighted by Gasteiger charge is -2.37. The summed E-state index contributed by atoms with van der Waals surface area (Å²) in [6.45, 7) is 11.7. The van der Waals surface area contributed by atoms with Gasteiger partial charge in [-0.05, 0) is 43.1 Å². The quantitative estimate of drug-likeness (QED) is 0.665. The Balaban J connectivity index is 2.60. The van der Waals surface area contributed by atoms with Crippen LogP contribution in [0.2, 0.25) is 0 Å². The molecule has 1 atom stereocenters. The normalized spacial score (nSPS) is 19.8. The fourth-order valence-electron chi connectivity index (χ4n) is 3.07. The zero-order valence-electron chi connectivity index (χ0n) is 12.8. The smallest absolute Gasteiger partial charge is 0.0659 e. The van der Waals surface area contributed by atoms with Gasteiger partial charge in [-0.25, -0.2) is 0 Å². The van der Waals surface area contributed by atoms with E-state index in [4.69, 9.17) is 10.5 Å². The van der Waals surface area contributed by atoms with E-state index < -0.39 is 0 Å². The maximum Gasteiger partial charge on any atom is 0.0659 e. The molecule has 0 bridgehead atoms. The molecule has 1 fully saturated rings. The van der Waals surface area contributed by atoms with Gasteiger partial charge >= 0.3 is 0 Å². The highest BCUT2D eigenvalue weighted by Gasteiger charge is 2.44. The molecule has 0 spiro atoms. The SMILES string of the molecule is COCC(CN)(NCC(C(C)C)C(C)C)C1CC1. The second-order valence-corrected chi connectivity index (χ2v) is 6.60. The first-order chi connectivity index (χ1) is 8.46. The monoisotopic (exact) mass is 256 g/mol. The molecule has 1 saturated carbocycles. The molecule has 0 aromatic heterocycles. The van der Waals surface area contributed by atoms with Gasteiger partial charge in [-0.2, -0.15) is 0 Å². The Morgan fingerprint density at radius 2 is 1.78 bits per heavy atom. The first kappa shape index (κ1) is 15.9. The van der Waals surface area contributed by atoms with Gasteiger partial charge < -0.3 is 15.8 Å². The molecule has 1 aliphatic carbocycles. The van der Waals surface area contributed by atoms with Crippen molar-refractivity contribution in [1.29, 1.82) is 0 Å². The molecule has 3 heteroatoms. The highest BCUT2D eigenvalue weighted by Crippen LogP contribution is 2.39. The van der Waals surface area contributed by atoms with Crippen LogP contribution in [0.15, 0.2) is 0 Å². The number of nitrogens with two attached hydrogens (primary N) is 1. The van der Waals surface area contributed by atoms with Crippen molar-refractivity contribution in [3.63, 3.8) is 0 Å². The van der Waals surface area contributed by atoms with E-state index in [-0.39, 0.29) is 5.54 Å². The van der Waals surface area contributed by atoms with Gasteiger partial charge in [-0.15, -0.1) is 0 Å². The highest BCUT2D eigenvalue weighted by molar-refractivity contribution is 5.02. The predicted octanol–water partition coefficient (Wildman–Crippen LogP) is 2.26. The third-order valence-corrected chi connectivity index (χ3v) is 4.53. The van der Waals surface area contributed by atoms with Crippen molar-refractivity contribution in [2.75, 3.05) is 26.8 Å². The second kappa shape index (κ2) is 6.88. The number of methoxy groups -OCH3 is 1. The second-order valence-electron chi connectivity index (χ2n) is 6.60. The van der Waals surface area contributed by atoms with Gasteiger partial charge in [0.25, 0.3) is 0 Å². The molecule has 3 N–H and O–H groups in total. The van der Waals surface area contributed by atoms with E-state index in [1.54, 1.807) is 7.11 Å². The van der Waals surface area contributed by atoms with Crippen LogP contribution in [0.1, 0.15) is 40.5 Å². The van der Waals surface area contributed by atoms with Crippen LogP contribution in [0.5, 0.6) is 0 Å². The van der Waals surface area contributed by atoms with Crippen molar-refractivity contribution < 1.29 is 4.74 Å². The number of rotatable bonds is 9. The summed E-state index contributed by atoms with van der Waals surface area (Å²) in [5, 5.41) is 3.76. The minimum Gasteiger partial charge on any atom is -0.383 e. The summed E-state index contributed by atoms with van der Waals surface area (Å²) < 4.78 is 5.41. The van der Waals surface area contributed by atoms with Crippen LogP contribution >= 0.6 is 0 Å². The van der Waals surface area contributed by atoms with E-state index >= 15 is 0 Å². The van der Waals surface area contributed by atoms with Crippen LogP contribution in [-0.2, 0) is 4.74 Å². The number of hydrogen-bond acceptors (Lipinski definition) is 3. The minimum atomic E-state index is 0.0107. The van der Waals surface area contributed by atoms with E-state index in [2.05, 4.69) is 33.0 Å². The maximum atomic E-state index is 6.03. The molecule has 1 rings (SSSR count). The molecule has 0 aromatic rings. The Hall–Kier alpha value is -0.120. The zero-order valence-corrected chi connectivity index (χ0v) is 12.8. The highest BCUT2D eigenvalue weighted by atomic mass is 16.5. The Kier molecular flexibility index (Phi) is 6.09. The van der Waals surface area contributed by atoms with Crippen molar-refractivity contribution in [2.24, 2.45) is 29.4 Å². The van der Waals surface area contributed by atoms with Crippen molar-refractivity contribution in [3.8, 4) is 0 Å². The third-order valence-electron chi connectivity index (χ3n) is 4.53. The Bertz CT molecular complexity index is 231. The van der Waals surface area contributed by atoms with Crippen LogP contribution in [0.3, 0.4) is 0 Å². The fourth-order valence-corrected chi connectivity index (χ4v) is 3.07. The first-order valence-electron chi connectivity index (χ1n) is 7.41. The Morgan fingerprint density at radius 3 is 2.11 bits per heavy atom. The van der Waals surface area contributed by atoms with Crippen LogP contribution in [-0.4, -0.2) is 32.3 Å². The van der Waals surface area contributed by atoms with Gasteiger partial charge in [0.05, 0.1) is 12.1 Å². The molecule has 0 aliphatic heterocycles. The lowest BCUT2D eigenvalue weighted by molar-refractivity contribution is 0.0898. The summed E-state index contributed by atoms with van der Waals surface area (Å²) in [5.41, 5.74) is 6.04. The molecule has 0 amide bonds. The van der Waals surface area contributed by atoms with Crippen LogP contribution < -0.4 is 11.1 Å². The molecule has 0 radical (unpaired) electrons. The predicted molar refractivity (Wildman–Crippen MR) is 77.6 cm³/mol. The van der Waals surface area contributed by atoms with Gasteiger partial charge in [-0.3, -0.25) is 0 Å². The maximum absolute atomic E-state index is 6.03. The molecule has 18 heavy (non-hydrogen) atoms. The lowest BCUT2D eigenvalue weighted by atomic mass is 9.84. The zero-order chi connectivity index (χ0) is 13.8. The van der Waals surface area contributed by atoms with Gasteiger partial charge in [0, 0.05) is 13.7 Å². The van der Waals surface area contributed by atoms with Gasteiger partial charge in [0.1, 0.15) is 0 Å². The summed E-state index contributed by atoms with van der Waals surface area (Å²) in [6.07, 6.45) is 2.59. The van der Waals surface area contributed by atoms with Crippen LogP contribution in [0, 0.1) is 23.7 Å². The van der Waals surface area contributed by atoms with Crippen LogP contribution in [0.4, 0.5) is 0 Å². The summed E-state index contributed by atoms with van der Waals surface area (Å²) in [5.74, 6) is 2.82. The molecule has 108 valence electrons. The lowest BCUT2D eigenvalue weighted by Crippen LogP contribution is -2.58. The van der Waals surface area contributed by atoms with Gasteiger partial charge in [0.2, 0.25) is 0 Å². The van der Waals surface area contributed by atoms with Gasteiger partial charge in [0.15, 0.2) is 0 Å². The van der Waals surface area contributed by atoms with Crippen molar-refractivity contribution in [2.45, 2.75) is 46.1 Å². The summed E-state index contributed by atoms with van der Waals surface area (Å²) >= 11 is 0. The first-order valence-corrected chi connectivity index (χ1v) is 7.41. The van der Waals surface area contributed by atoms with Crippen molar-refractivity contribution in [1.82, 2.24) is 5.32 Å². The van der Waals surface area contributed by atoms with Crippen molar-refractivity contribution in [3.05, 3.63) is 0 Å². The summed E-state index contributed by atoms with van der Waals surface area (Å²) in [6, 6.07) is 0. The van der Waals surface area contributed by atoms with E-state index in [1.807, 2.05) is 0 Å². The standard InChI is InChI=1S/C15H32N2O/c1-11(2)14(12(3)4)8-17-15(9-16,10-18-5)13-6-7-13/h11-14,17H,6-10,16H2,1-5H3. The number of hydrogen-bond donors (Lipinski definition) is 2. The third kappa shape index (κ3) is 3.94. The van der Waals surface area contributed by atoms with Crippen molar-refractivity contribution >= 4 is 0 Å². The Morgan fingerprint density at radius 1 is 1.22 bits per heavy atom. The van der Waals surface area contributed by atoms with E-state index in [1.165, 1.54) is 12.8 Å². The molecule has 0 aromatic carbocycles. The molecule has 3 nitrogen and oxygen atoms in total. The average Bonchev–Trinajstić information content (AvgIpc) is 3.11. The minimum absolute atomic E-state index is 0.0107. The van der Waals surface area contributed by atoms with Gasteiger partial charge in [-0.1, -0.05) is 27.7 Å². The molecule has 0 heterocycles. The topological polar surface area (TPSA) is 47.3 Å². The molecular formula is C15H32N2O. The number of ether oxygens (including phenoxy) is 1. The molecular weight excluding hydrogens is 224 g/mol. The van der Waals surface area contributed by atoms with E-state index in [0.717, 1.165) is 13.2 Å². The fraction of sp³-hybridized carbons (Fsp3) is 1.00. The largest absolute Gasteiger partial charge is 0.383 e. The number of nitrogens with one attached hydrogen (secondary N) is 1. The van der Waals surface area contributed by atoms with Crippen LogP contribution in [0.25, 0.3) is 0 Å². The van der Waals surface area contributed by atoms with E-state index in [0.29, 0.717) is 30.2 Å².